The van der Waals surface area contributed by atoms with E-state index in [1.165, 1.54) is 7.11 Å². The predicted octanol–water partition coefficient (Wildman–Crippen LogP) is -1.14. The molecule has 0 aromatic carbocycles. The van der Waals surface area contributed by atoms with E-state index in [1.807, 2.05) is 0 Å². The second-order valence-electron chi connectivity index (χ2n) is 3.76. The lowest BCUT2D eigenvalue weighted by molar-refractivity contribution is -0.140. The van der Waals surface area contributed by atoms with Crippen LogP contribution in [0.4, 0.5) is 0 Å². The lowest BCUT2D eigenvalue weighted by Crippen LogP contribution is -2.40. The van der Waals surface area contributed by atoms with Gasteiger partial charge in [0.15, 0.2) is 0 Å². The first-order valence-corrected chi connectivity index (χ1v) is 5.41. The maximum atomic E-state index is 11.6. The minimum Gasteiger partial charge on any atom is -0.481 e. The molecular weight excluding hydrogens is 242 g/mol. The van der Waals surface area contributed by atoms with Gasteiger partial charge in [0.1, 0.15) is 5.71 Å². The summed E-state index contributed by atoms with van der Waals surface area (Å²) in [5.41, 5.74) is 2.43. The SMILES string of the molecule is COC(CNC(=O)C1=NNC(=O)CC1)CC(=O)O. The summed E-state index contributed by atoms with van der Waals surface area (Å²) in [4.78, 5) is 32.9. The van der Waals surface area contributed by atoms with E-state index < -0.39 is 18.0 Å². The van der Waals surface area contributed by atoms with Gasteiger partial charge in [-0.25, -0.2) is 5.43 Å². The van der Waals surface area contributed by atoms with Crippen molar-refractivity contribution in [1.82, 2.24) is 10.7 Å². The van der Waals surface area contributed by atoms with Crippen molar-refractivity contribution >= 4 is 23.5 Å². The Bertz CT molecular complexity index is 380. The molecule has 8 nitrogen and oxygen atoms in total. The Morgan fingerprint density at radius 3 is 2.78 bits per heavy atom. The second kappa shape index (κ2) is 6.70. The van der Waals surface area contributed by atoms with Crippen LogP contribution in [0.2, 0.25) is 0 Å². The Hall–Kier alpha value is -1.96. The summed E-state index contributed by atoms with van der Waals surface area (Å²) in [6.07, 6.45) is -0.297. The van der Waals surface area contributed by atoms with Gasteiger partial charge in [-0.05, 0) is 0 Å². The monoisotopic (exact) mass is 257 g/mol. The maximum absolute atomic E-state index is 11.6. The van der Waals surface area contributed by atoms with E-state index in [0.29, 0.717) is 0 Å². The highest BCUT2D eigenvalue weighted by molar-refractivity contribution is 6.39. The van der Waals surface area contributed by atoms with Crippen LogP contribution in [0, 0.1) is 0 Å². The minimum atomic E-state index is -1.00. The molecule has 1 rings (SSSR count). The number of aliphatic carboxylic acids is 1. The third-order valence-corrected chi connectivity index (χ3v) is 2.39. The molecule has 3 N–H and O–H groups in total. The van der Waals surface area contributed by atoms with Gasteiger partial charge < -0.3 is 15.2 Å². The van der Waals surface area contributed by atoms with Gasteiger partial charge in [-0.2, -0.15) is 5.10 Å². The number of carbonyl (C=O) groups is 3. The van der Waals surface area contributed by atoms with Gasteiger partial charge in [-0.15, -0.1) is 0 Å². The van der Waals surface area contributed by atoms with Gasteiger partial charge in [-0.1, -0.05) is 0 Å². The topological polar surface area (TPSA) is 117 Å². The molecule has 1 aliphatic heterocycles. The highest BCUT2D eigenvalue weighted by Gasteiger charge is 2.19. The van der Waals surface area contributed by atoms with Gasteiger partial charge in [0.25, 0.3) is 5.91 Å². The maximum Gasteiger partial charge on any atom is 0.306 e. The smallest absolute Gasteiger partial charge is 0.306 e. The average Bonchev–Trinajstić information content (AvgIpc) is 2.34. The Kier molecular flexibility index (Phi) is 5.25. The number of hydrogen-bond donors (Lipinski definition) is 3. The number of carboxylic acids is 1. The largest absolute Gasteiger partial charge is 0.481 e. The number of methoxy groups -OCH3 is 1. The van der Waals surface area contributed by atoms with Crippen LogP contribution in [0.1, 0.15) is 19.3 Å². The number of hydrazone groups is 1. The first-order chi connectivity index (χ1) is 8.52. The Morgan fingerprint density at radius 1 is 1.56 bits per heavy atom. The molecule has 100 valence electrons. The fraction of sp³-hybridized carbons (Fsp3) is 0.600. The van der Waals surface area contributed by atoms with Crippen molar-refractivity contribution < 1.29 is 24.2 Å². The molecule has 1 heterocycles. The number of nitrogens with zero attached hydrogens (tertiary/aromatic N) is 1. The van der Waals surface area contributed by atoms with Gasteiger partial charge in [0, 0.05) is 26.5 Å². The van der Waals surface area contributed by atoms with Crippen LogP contribution in [0.15, 0.2) is 5.10 Å². The molecule has 1 aliphatic rings. The summed E-state index contributed by atoms with van der Waals surface area (Å²) in [5.74, 6) is -1.66. The van der Waals surface area contributed by atoms with E-state index in [4.69, 9.17) is 9.84 Å². The zero-order valence-electron chi connectivity index (χ0n) is 9.93. The summed E-state index contributed by atoms with van der Waals surface area (Å²) in [7, 11) is 1.37. The molecule has 2 amide bonds. The number of carboxylic acid groups (broad SMARTS) is 1. The van der Waals surface area contributed by atoms with E-state index in [-0.39, 0.29) is 37.4 Å². The van der Waals surface area contributed by atoms with Gasteiger partial charge >= 0.3 is 5.97 Å². The fourth-order valence-electron chi connectivity index (χ4n) is 1.38. The summed E-state index contributed by atoms with van der Waals surface area (Å²) < 4.78 is 4.91. The molecule has 1 unspecified atom stereocenters. The Labute approximate surface area is 103 Å². The molecular formula is C10H15N3O5. The average molecular weight is 257 g/mol. The molecule has 0 spiro atoms. The molecule has 0 saturated heterocycles. The molecule has 0 aromatic rings. The number of carbonyl (C=O) groups excluding carboxylic acids is 2. The summed E-state index contributed by atoms with van der Waals surface area (Å²) in [6, 6.07) is 0. The lowest BCUT2D eigenvalue weighted by Gasteiger charge is -2.15. The molecule has 0 radical (unpaired) electrons. The van der Waals surface area contributed by atoms with Gasteiger partial charge in [-0.3, -0.25) is 14.4 Å². The van der Waals surface area contributed by atoms with Crippen LogP contribution in [0.3, 0.4) is 0 Å². The second-order valence-corrected chi connectivity index (χ2v) is 3.76. The third kappa shape index (κ3) is 4.50. The molecule has 8 heteroatoms. The Morgan fingerprint density at radius 2 is 2.28 bits per heavy atom. The quantitative estimate of drug-likeness (QED) is 0.556. The Balaban J connectivity index is 2.40. The van der Waals surface area contributed by atoms with E-state index in [9.17, 15) is 14.4 Å². The van der Waals surface area contributed by atoms with Crippen LogP contribution in [-0.2, 0) is 19.1 Å². The van der Waals surface area contributed by atoms with Crippen molar-refractivity contribution in [2.75, 3.05) is 13.7 Å². The standard InChI is InChI=1S/C10H15N3O5/c1-18-6(4-9(15)16)5-11-10(17)7-2-3-8(14)13-12-7/h6H,2-5H2,1H3,(H,11,17)(H,13,14)(H,15,16). The van der Waals surface area contributed by atoms with Crippen molar-refractivity contribution in [2.24, 2.45) is 5.10 Å². The molecule has 0 aromatic heterocycles. The molecule has 1 atom stereocenters. The van der Waals surface area contributed by atoms with Crippen LogP contribution in [-0.4, -0.2) is 48.4 Å². The lowest BCUT2D eigenvalue weighted by atomic mass is 10.1. The first kappa shape index (κ1) is 14.1. The summed E-state index contributed by atoms with van der Waals surface area (Å²) in [6.45, 7) is 0.0780. The summed E-state index contributed by atoms with van der Waals surface area (Å²) in [5, 5.41) is 14.7. The van der Waals surface area contributed by atoms with Crippen LogP contribution < -0.4 is 10.7 Å². The zero-order chi connectivity index (χ0) is 13.5. The van der Waals surface area contributed by atoms with Crippen molar-refractivity contribution in [2.45, 2.75) is 25.4 Å². The van der Waals surface area contributed by atoms with Crippen LogP contribution in [0.25, 0.3) is 0 Å². The number of ether oxygens (including phenoxy) is 1. The third-order valence-electron chi connectivity index (χ3n) is 2.39. The highest BCUT2D eigenvalue weighted by Crippen LogP contribution is 2.00. The predicted molar refractivity (Wildman–Crippen MR) is 60.9 cm³/mol. The number of rotatable bonds is 6. The van der Waals surface area contributed by atoms with Crippen molar-refractivity contribution in [3.05, 3.63) is 0 Å². The molecule has 18 heavy (non-hydrogen) atoms. The van der Waals surface area contributed by atoms with E-state index in [1.54, 1.807) is 0 Å². The summed E-state index contributed by atoms with van der Waals surface area (Å²) >= 11 is 0. The molecule has 0 aliphatic carbocycles. The van der Waals surface area contributed by atoms with E-state index in [2.05, 4.69) is 15.8 Å². The zero-order valence-corrected chi connectivity index (χ0v) is 9.93. The minimum absolute atomic E-state index is 0.0780. The van der Waals surface area contributed by atoms with Crippen molar-refractivity contribution in [1.29, 1.82) is 0 Å². The van der Waals surface area contributed by atoms with E-state index in [0.717, 1.165) is 0 Å². The van der Waals surface area contributed by atoms with Gasteiger partial charge in [0.05, 0.1) is 12.5 Å². The number of amides is 2. The van der Waals surface area contributed by atoms with Gasteiger partial charge in [0.2, 0.25) is 5.91 Å². The molecule has 0 bridgehead atoms. The number of nitrogens with one attached hydrogen (secondary N) is 2. The number of hydrogen-bond acceptors (Lipinski definition) is 5. The normalized spacial score (nSPS) is 16.5. The molecule has 0 saturated carbocycles. The van der Waals surface area contributed by atoms with Crippen molar-refractivity contribution in [3.8, 4) is 0 Å². The van der Waals surface area contributed by atoms with Crippen LogP contribution >= 0.6 is 0 Å². The highest BCUT2D eigenvalue weighted by atomic mass is 16.5. The first-order valence-electron chi connectivity index (χ1n) is 5.41. The molecule has 0 fully saturated rings. The van der Waals surface area contributed by atoms with Crippen LogP contribution in [0.5, 0.6) is 0 Å². The van der Waals surface area contributed by atoms with E-state index >= 15 is 0 Å². The fourth-order valence-corrected chi connectivity index (χ4v) is 1.38. The van der Waals surface area contributed by atoms with Crippen molar-refractivity contribution in [3.63, 3.8) is 0 Å².